The first-order valence-electron chi connectivity index (χ1n) is 12.4. The van der Waals surface area contributed by atoms with E-state index >= 15 is 0 Å². The largest absolute Gasteiger partial charge is 0.372 e. The SMILES string of the molecule is Brc1ccc2c(c1)c1cc(Br)ccc1n2CC(Cn1c2ccc(Br)cc2c2cc(Br)ccc21)OCC1CO1. The molecule has 1 saturated heterocycles. The van der Waals surface area contributed by atoms with Crippen LogP contribution in [0.4, 0.5) is 0 Å². The van der Waals surface area contributed by atoms with E-state index in [1.807, 2.05) is 0 Å². The minimum Gasteiger partial charge on any atom is -0.372 e. The van der Waals surface area contributed by atoms with Crippen molar-refractivity contribution in [3.05, 3.63) is 90.7 Å². The Labute approximate surface area is 253 Å². The summed E-state index contributed by atoms with van der Waals surface area (Å²) in [7, 11) is 0. The summed E-state index contributed by atoms with van der Waals surface area (Å²) in [6.45, 7) is 2.84. The predicted molar refractivity (Wildman–Crippen MR) is 169 cm³/mol. The maximum atomic E-state index is 6.60. The summed E-state index contributed by atoms with van der Waals surface area (Å²) in [5.74, 6) is 0. The second kappa shape index (κ2) is 10.1. The molecular formula is C30H22Br4N2O2. The number of aromatic nitrogens is 2. The van der Waals surface area contributed by atoms with Crippen LogP contribution in [0.25, 0.3) is 43.6 Å². The highest BCUT2D eigenvalue weighted by atomic mass is 79.9. The molecule has 0 bridgehead atoms. The van der Waals surface area contributed by atoms with Gasteiger partial charge in [0, 0.05) is 61.5 Å². The van der Waals surface area contributed by atoms with E-state index in [1.54, 1.807) is 0 Å². The van der Waals surface area contributed by atoms with Gasteiger partial charge in [-0.05, 0) is 72.8 Å². The van der Waals surface area contributed by atoms with E-state index in [-0.39, 0.29) is 12.2 Å². The third kappa shape index (κ3) is 4.67. The highest BCUT2D eigenvalue weighted by Gasteiger charge is 2.26. The van der Waals surface area contributed by atoms with Crippen molar-refractivity contribution in [2.45, 2.75) is 25.3 Å². The van der Waals surface area contributed by atoms with Crippen LogP contribution in [-0.2, 0) is 22.6 Å². The maximum absolute atomic E-state index is 6.60. The lowest BCUT2D eigenvalue weighted by atomic mass is 10.2. The van der Waals surface area contributed by atoms with Crippen LogP contribution in [0.15, 0.2) is 90.7 Å². The molecule has 1 atom stereocenters. The first-order chi connectivity index (χ1) is 18.4. The van der Waals surface area contributed by atoms with Gasteiger partial charge in [-0.2, -0.15) is 0 Å². The molecule has 8 heteroatoms. The Morgan fingerprint density at radius 1 is 0.632 bits per heavy atom. The quantitative estimate of drug-likeness (QED) is 0.152. The van der Waals surface area contributed by atoms with E-state index in [4.69, 9.17) is 9.47 Å². The van der Waals surface area contributed by atoms with Gasteiger partial charge >= 0.3 is 0 Å². The molecule has 7 rings (SSSR count). The molecule has 192 valence electrons. The van der Waals surface area contributed by atoms with E-state index < -0.39 is 0 Å². The number of benzene rings is 4. The van der Waals surface area contributed by atoms with Gasteiger partial charge < -0.3 is 18.6 Å². The van der Waals surface area contributed by atoms with Gasteiger partial charge in [0.15, 0.2) is 0 Å². The highest BCUT2D eigenvalue weighted by molar-refractivity contribution is 9.11. The maximum Gasteiger partial charge on any atom is 0.104 e. The molecule has 0 N–H and O–H groups in total. The number of fused-ring (bicyclic) bond motifs is 6. The first-order valence-corrected chi connectivity index (χ1v) is 15.6. The zero-order valence-corrected chi connectivity index (χ0v) is 26.5. The number of ether oxygens (including phenoxy) is 2. The van der Waals surface area contributed by atoms with Gasteiger partial charge in [0.05, 0.1) is 32.4 Å². The molecule has 6 aromatic rings. The first kappa shape index (κ1) is 25.3. The van der Waals surface area contributed by atoms with Gasteiger partial charge in [0.2, 0.25) is 0 Å². The number of hydrogen-bond donors (Lipinski definition) is 0. The molecule has 1 aliphatic rings. The van der Waals surface area contributed by atoms with Crippen molar-refractivity contribution in [1.82, 2.24) is 9.13 Å². The van der Waals surface area contributed by atoms with Crippen molar-refractivity contribution in [2.24, 2.45) is 0 Å². The lowest BCUT2D eigenvalue weighted by Crippen LogP contribution is -2.27. The number of halogens is 4. The molecule has 3 heterocycles. The number of epoxide rings is 1. The standard InChI is InChI=1S/C30H22Br4N2O2/c31-17-1-5-27-23(9-17)24-10-18(32)2-6-28(24)35(27)13-21(37-15-22-16-38-22)14-36-29-7-3-19(33)11-25(29)26-12-20(34)4-8-30(26)36/h1-12,21-22H,13-16H2. The van der Waals surface area contributed by atoms with E-state index in [0.29, 0.717) is 6.61 Å². The van der Waals surface area contributed by atoms with Crippen LogP contribution in [0.5, 0.6) is 0 Å². The fraction of sp³-hybridized carbons (Fsp3) is 0.200. The van der Waals surface area contributed by atoms with Crippen LogP contribution in [-0.4, -0.2) is 34.6 Å². The Morgan fingerprint density at radius 3 is 1.29 bits per heavy atom. The second-order valence-electron chi connectivity index (χ2n) is 9.78. The molecule has 38 heavy (non-hydrogen) atoms. The number of hydrogen-bond acceptors (Lipinski definition) is 2. The molecule has 0 radical (unpaired) electrons. The van der Waals surface area contributed by atoms with Crippen molar-refractivity contribution in [3.63, 3.8) is 0 Å². The predicted octanol–water partition coefficient (Wildman–Crippen LogP) is 9.44. The van der Waals surface area contributed by atoms with E-state index in [0.717, 1.165) is 37.6 Å². The Hall–Kier alpha value is -1.68. The molecule has 1 aliphatic heterocycles. The molecule has 4 aromatic carbocycles. The van der Waals surface area contributed by atoms with Gasteiger partial charge in [-0.25, -0.2) is 0 Å². The summed E-state index contributed by atoms with van der Waals surface area (Å²) in [5.41, 5.74) is 4.81. The number of nitrogens with zero attached hydrogens (tertiary/aromatic N) is 2. The molecule has 2 aromatic heterocycles. The summed E-state index contributed by atoms with van der Waals surface area (Å²) in [6, 6.07) is 26.1. The fourth-order valence-electron chi connectivity index (χ4n) is 5.47. The van der Waals surface area contributed by atoms with Crippen molar-refractivity contribution in [2.75, 3.05) is 13.2 Å². The van der Waals surface area contributed by atoms with Gasteiger partial charge in [-0.3, -0.25) is 0 Å². The summed E-state index contributed by atoms with van der Waals surface area (Å²) in [4.78, 5) is 0. The van der Waals surface area contributed by atoms with Crippen LogP contribution >= 0.6 is 63.7 Å². The molecule has 0 spiro atoms. The molecular weight excluding hydrogens is 740 g/mol. The average molecular weight is 762 g/mol. The molecule has 1 fully saturated rings. The fourth-order valence-corrected chi connectivity index (χ4v) is 6.91. The monoisotopic (exact) mass is 758 g/mol. The zero-order chi connectivity index (χ0) is 26.0. The summed E-state index contributed by atoms with van der Waals surface area (Å²) in [5, 5.41) is 4.91. The summed E-state index contributed by atoms with van der Waals surface area (Å²) >= 11 is 14.7. The van der Waals surface area contributed by atoms with Crippen LogP contribution in [0.2, 0.25) is 0 Å². The van der Waals surface area contributed by atoms with Crippen molar-refractivity contribution >= 4 is 107 Å². The molecule has 0 amide bonds. The van der Waals surface area contributed by atoms with Gasteiger partial charge in [0.25, 0.3) is 0 Å². The van der Waals surface area contributed by atoms with Crippen LogP contribution in [0.1, 0.15) is 0 Å². The van der Waals surface area contributed by atoms with Crippen molar-refractivity contribution < 1.29 is 9.47 Å². The summed E-state index contributed by atoms with van der Waals surface area (Å²) < 4.78 is 21.2. The van der Waals surface area contributed by atoms with Gasteiger partial charge in [0.1, 0.15) is 6.10 Å². The highest BCUT2D eigenvalue weighted by Crippen LogP contribution is 2.36. The Balaban J connectivity index is 1.35. The topological polar surface area (TPSA) is 31.6 Å². The second-order valence-corrected chi connectivity index (χ2v) is 13.4. The Morgan fingerprint density at radius 2 is 0.974 bits per heavy atom. The molecule has 0 saturated carbocycles. The van der Waals surface area contributed by atoms with Crippen molar-refractivity contribution in [3.8, 4) is 0 Å². The van der Waals surface area contributed by atoms with Gasteiger partial charge in [-0.1, -0.05) is 63.7 Å². The van der Waals surface area contributed by atoms with E-state index in [2.05, 4.69) is 146 Å². The van der Waals surface area contributed by atoms with Crippen LogP contribution < -0.4 is 0 Å². The zero-order valence-electron chi connectivity index (χ0n) is 20.1. The van der Waals surface area contributed by atoms with Crippen LogP contribution in [0, 0.1) is 0 Å². The lowest BCUT2D eigenvalue weighted by molar-refractivity contribution is 0.0239. The number of rotatable bonds is 7. The molecule has 4 nitrogen and oxygen atoms in total. The van der Waals surface area contributed by atoms with E-state index in [9.17, 15) is 0 Å². The minimum atomic E-state index is -0.0589. The molecule has 1 unspecified atom stereocenters. The lowest BCUT2D eigenvalue weighted by Gasteiger charge is -2.22. The van der Waals surface area contributed by atoms with Crippen LogP contribution in [0.3, 0.4) is 0 Å². The minimum absolute atomic E-state index is 0.0589. The van der Waals surface area contributed by atoms with E-state index in [1.165, 1.54) is 43.6 Å². The Bertz CT molecular complexity index is 1610. The average Bonchev–Trinajstić information content (AvgIpc) is 3.63. The summed E-state index contributed by atoms with van der Waals surface area (Å²) in [6.07, 6.45) is 0.143. The third-order valence-corrected chi connectivity index (χ3v) is 9.24. The normalized spacial score (nSPS) is 15.6. The van der Waals surface area contributed by atoms with Gasteiger partial charge in [-0.15, -0.1) is 0 Å². The third-order valence-electron chi connectivity index (χ3n) is 7.27. The smallest absolute Gasteiger partial charge is 0.104 e. The Kier molecular flexibility index (Phi) is 6.69. The van der Waals surface area contributed by atoms with Crippen molar-refractivity contribution in [1.29, 1.82) is 0 Å². The molecule has 0 aliphatic carbocycles.